The topological polar surface area (TPSA) is 34.1 Å². The maximum atomic E-state index is 11.3. The van der Waals surface area contributed by atoms with Crippen LogP contribution in [-0.2, 0) is 9.84 Å². The zero-order valence-electron chi connectivity index (χ0n) is 5.99. The van der Waals surface area contributed by atoms with Crippen LogP contribution in [0, 0.1) is 0 Å². The van der Waals surface area contributed by atoms with Crippen molar-refractivity contribution >= 4 is 31.8 Å². The minimum Gasteiger partial charge on any atom is -0.219 e. The van der Waals surface area contributed by atoms with Gasteiger partial charge in [0.05, 0.1) is 4.90 Å². The van der Waals surface area contributed by atoms with Gasteiger partial charge in [-0.2, -0.15) is 0 Å². The fraction of sp³-hybridized carbons (Fsp3) is 0. The van der Waals surface area contributed by atoms with Crippen LogP contribution in [0.2, 0.25) is 0 Å². The molecule has 0 spiro atoms. The largest absolute Gasteiger partial charge is 0.219 e. The van der Waals surface area contributed by atoms with Crippen LogP contribution in [0.25, 0.3) is 6.08 Å². The fourth-order valence-electron chi connectivity index (χ4n) is 1.13. The average molecular weight is 245 g/mol. The van der Waals surface area contributed by atoms with E-state index in [2.05, 4.69) is 15.9 Å². The van der Waals surface area contributed by atoms with Crippen molar-refractivity contribution in [2.24, 2.45) is 0 Å². The summed E-state index contributed by atoms with van der Waals surface area (Å²) < 4.78 is 23.4. The van der Waals surface area contributed by atoms with E-state index in [1.165, 1.54) is 5.41 Å². The highest BCUT2D eigenvalue weighted by atomic mass is 79.9. The molecule has 1 aliphatic heterocycles. The van der Waals surface area contributed by atoms with E-state index in [0.29, 0.717) is 4.90 Å². The molecule has 1 aromatic carbocycles. The molecular weight excluding hydrogens is 240 g/mol. The Morgan fingerprint density at radius 1 is 1.25 bits per heavy atom. The zero-order valence-corrected chi connectivity index (χ0v) is 8.39. The van der Waals surface area contributed by atoms with E-state index in [4.69, 9.17) is 0 Å². The van der Waals surface area contributed by atoms with Gasteiger partial charge in [-0.15, -0.1) is 0 Å². The lowest BCUT2D eigenvalue weighted by Gasteiger charge is -1.97. The van der Waals surface area contributed by atoms with E-state index in [9.17, 15) is 8.42 Å². The molecule has 0 saturated heterocycles. The first-order chi connectivity index (χ1) is 5.59. The minimum atomic E-state index is -3.14. The third kappa shape index (κ3) is 1.11. The highest BCUT2D eigenvalue weighted by molar-refractivity contribution is 9.10. The number of rotatable bonds is 0. The maximum absolute atomic E-state index is 11.3. The third-order valence-corrected chi connectivity index (χ3v) is 3.66. The molecule has 0 amide bonds. The van der Waals surface area contributed by atoms with Crippen LogP contribution < -0.4 is 0 Å². The average Bonchev–Trinajstić information content (AvgIpc) is 2.28. The molecule has 0 radical (unpaired) electrons. The van der Waals surface area contributed by atoms with Crippen LogP contribution in [0.3, 0.4) is 0 Å². The summed E-state index contributed by atoms with van der Waals surface area (Å²) in [5.41, 5.74) is 0.762. The minimum absolute atomic E-state index is 0.386. The van der Waals surface area contributed by atoms with Gasteiger partial charge in [0.2, 0.25) is 0 Å². The Morgan fingerprint density at radius 3 is 2.75 bits per heavy atom. The number of hydrogen-bond donors (Lipinski definition) is 0. The van der Waals surface area contributed by atoms with Gasteiger partial charge in [-0.1, -0.05) is 22.0 Å². The first-order valence-electron chi connectivity index (χ1n) is 3.32. The Hall–Kier alpha value is -0.610. The summed E-state index contributed by atoms with van der Waals surface area (Å²) in [6, 6.07) is 5.22. The number of sulfone groups is 1. The number of hydrogen-bond acceptors (Lipinski definition) is 2. The maximum Gasteiger partial charge on any atom is 0.200 e. The van der Waals surface area contributed by atoms with Crippen molar-refractivity contribution < 1.29 is 8.42 Å². The molecule has 0 aliphatic carbocycles. The van der Waals surface area contributed by atoms with E-state index in [1.807, 2.05) is 6.07 Å². The van der Waals surface area contributed by atoms with Crippen molar-refractivity contribution in [3.05, 3.63) is 33.6 Å². The summed E-state index contributed by atoms with van der Waals surface area (Å²) in [7, 11) is -3.14. The van der Waals surface area contributed by atoms with Crippen molar-refractivity contribution in [3.8, 4) is 0 Å². The van der Waals surface area contributed by atoms with Gasteiger partial charge in [0.15, 0.2) is 9.84 Å². The van der Waals surface area contributed by atoms with Gasteiger partial charge in [-0.25, -0.2) is 8.42 Å². The summed E-state index contributed by atoms with van der Waals surface area (Å²) in [6.07, 6.45) is 1.61. The molecule has 0 unspecified atom stereocenters. The number of benzene rings is 1. The van der Waals surface area contributed by atoms with Crippen LogP contribution in [0.4, 0.5) is 0 Å². The van der Waals surface area contributed by atoms with Crippen molar-refractivity contribution in [2.45, 2.75) is 4.90 Å². The van der Waals surface area contributed by atoms with Crippen molar-refractivity contribution in [2.75, 3.05) is 0 Å². The SMILES string of the molecule is O=S1(=O)C=Cc2ccc(Br)cc21. The van der Waals surface area contributed by atoms with Gasteiger partial charge in [0.25, 0.3) is 0 Å². The van der Waals surface area contributed by atoms with Crippen molar-refractivity contribution in [1.29, 1.82) is 0 Å². The lowest BCUT2D eigenvalue weighted by molar-refractivity contribution is 0.605. The van der Waals surface area contributed by atoms with Gasteiger partial charge in [-0.3, -0.25) is 0 Å². The molecule has 0 bridgehead atoms. The second kappa shape index (κ2) is 2.44. The molecule has 1 aromatic rings. The second-order valence-electron chi connectivity index (χ2n) is 2.53. The van der Waals surface area contributed by atoms with E-state index < -0.39 is 9.84 Å². The molecule has 12 heavy (non-hydrogen) atoms. The van der Waals surface area contributed by atoms with Crippen LogP contribution in [0.1, 0.15) is 5.56 Å². The van der Waals surface area contributed by atoms with Gasteiger partial charge in [0, 0.05) is 9.88 Å². The molecule has 2 nitrogen and oxygen atoms in total. The highest BCUT2D eigenvalue weighted by Crippen LogP contribution is 2.28. The van der Waals surface area contributed by atoms with Gasteiger partial charge >= 0.3 is 0 Å². The van der Waals surface area contributed by atoms with E-state index >= 15 is 0 Å². The van der Waals surface area contributed by atoms with E-state index in [1.54, 1.807) is 18.2 Å². The van der Waals surface area contributed by atoms with E-state index in [0.717, 1.165) is 10.0 Å². The van der Waals surface area contributed by atoms with Crippen LogP contribution in [0.15, 0.2) is 33.0 Å². The highest BCUT2D eigenvalue weighted by Gasteiger charge is 2.19. The van der Waals surface area contributed by atoms with E-state index in [-0.39, 0.29) is 0 Å². The Morgan fingerprint density at radius 2 is 2.00 bits per heavy atom. The smallest absolute Gasteiger partial charge is 0.200 e. The predicted octanol–water partition coefficient (Wildman–Crippen LogP) is 2.21. The molecule has 0 N–H and O–H groups in total. The monoisotopic (exact) mass is 244 g/mol. The standard InChI is InChI=1S/C8H5BrO2S/c9-7-2-1-6-3-4-12(10,11)8(6)5-7/h1-5H. The molecule has 0 fully saturated rings. The first-order valence-corrected chi connectivity index (χ1v) is 5.66. The zero-order chi connectivity index (χ0) is 8.77. The summed E-state index contributed by atoms with van der Waals surface area (Å²) in [5, 5.41) is 1.23. The molecule has 1 aliphatic rings. The van der Waals surface area contributed by atoms with Crippen LogP contribution >= 0.6 is 15.9 Å². The molecule has 4 heteroatoms. The molecule has 0 saturated carbocycles. The fourth-order valence-corrected chi connectivity index (χ4v) is 2.87. The molecule has 1 heterocycles. The van der Waals surface area contributed by atoms with Crippen LogP contribution in [-0.4, -0.2) is 8.42 Å². The molecule has 0 atom stereocenters. The lowest BCUT2D eigenvalue weighted by atomic mass is 10.2. The summed E-state index contributed by atoms with van der Waals surface area (Å²) in [6.45, 7) is 0. The molecule has 62 valence electrons. The first kappa shape index (κ1) is 8.01. The normalized spacial score (nSPS) is 17.8. The summed E-state index contributed by atoms with van der Waals surface area (Å²) in [4.78, 5) is 0.386. The summed E-state index contributed by atoms with van der Waals surface area (Å²) >= 11 is 3.22. The molecule has 0 aromatic heterocycles. The van der Waals surface area contributed by atoms with Gasteiger partial charge in [-0.05, 0) is 23.8 Å². The predicted molar refractivity (Wildman–Crippen MR) is 50.4 cm³/mol. The quantitative estimate of drug-likeness (QED) is 0.702. The number of halogens is 1. The third-order valence-electron chi connectivity index (χ3n) is 1.71. The Bertz CT molecular complexity index is 460. The van der Waals surface area contributed by atoms with Crippen molar-refractivity contribution in [3.63, 3.8) is 0 Å². The van der Waals surface area contributed by atoms with Gasteiger partial charge < -0.3 is 0 Å². The van der Waals surface area contributed by atoms with Crippen molar-refractivity contribution in [1.82, 2.24) is 0 Å². The van der Waals surface area contributed by atoms with Crippen LogP contribution in [0.5, 0.6) is 0 Å². The Kier molecular flexibility index (Phi) is 1.63. The molecule has 2 rings (SSSR count). The summed E-state index contributed by atoms with van der Waals surface area (Å²) in [5.74, 6) is 0. The Balaban J connectivity index is 2.80. The lowest BCUT2D eigenvalue weighted by Crippen LogP contribution is -1.92. The number of fused-ring (bicyclic) bond motifs is 1. The molecular formula is C8H5BrO2S. The second-order valence-corrected chi connectivity index (χ2v) is 5.25. The van der Waals surface area contributed by atoms with Gasteiger partial charge in [0.1, 0.15) is 0 Å². The Labute approximate surface area is 79.0 Å².